The minimum Gasteiger partial charge on any atom is -0.350 e. The maximum atomic E-state index is 12.2. The van der Waals surface area contributed by atoms with Crippen molar-refractivity contribution in [2.45, 2.75) is 19.8 Å². The summed E-state index contributed by atoms with van der Waals surface area (Å²) < 4.78 is 41.3. The van der Waals surface area contributed by atoms with Crippen LogP contribution in [0.1, 0.15) is 15.9 Å². The van der Waals surface area contributed by atoms with Crippen LogP contribution in [0.25, 0.3) is 10.9 Å². The third kappa shape index (κ3) is 4.49. The van der Waals surface area contributed by atoms with E-state index in [9.17, 15) is 18.0 Å². The van der Waals surface area contributed by atoms with Crippen molar-refractivity contribution in [1.82, 2.24) is 20.4 Å². The molecular formula is C16H19F3N4O2. The number of nitrogens with one attached hydrogen (secondary N) is 2. The second-order valence-corrected chi connectivity index (χ2v) is 6.15. The van der Waals surface area contributed by atoms with Gasteiger partial charge in [0.05, 0.1) is 12.1 Å². The van der Waals surface area contributed by atoms with Gasteiger partial charge in [-0.25, -0.2) is 0 Å². The van der Waals surface area contributed by atoms with Crippen LogP contribution in [0.4, 0.5) is 13.2 Å². The number of ether oxygens (including phenoxy) is 1. The molecule has 1 amide bonds. The maximum Gasteiger partial charge on any atom is 0.522 e. The molecule has 0 saturated carbocycles. The van der Waals surface area contributed by atoms with Crippen molar-refractivity contribution < 1.29 is 22.7 Å². The molecule has 25 heavy (non-hydrogen) atoms. The number of hydrogen-bond acceptors (Lipinski definition) is 4. The Balaban J connectivity index is 1.65. The number of halogens is 3. The fourth-order valence-corrected chi connectivity index (χ4v) is 2.73. The normalized spacial score (nSPS) is 15.4. The SMILES string of the molecule is Cc1cc2nn(CC3CNC3)cc2cc1C(=O)NCCOC(F)(F)F. The Morgan fingerprint density at radius 2 is 2.20 bits per heavy atom. The molecule has 0 spiro atoms. The van der Waals surface area contributed by atoms with Crippen molar-refractivity contribution in [3.8, 4) is 0 Å². The number of alkyl halides is 3. The molecule has 1 aromatic carbocycles. The largest absolute Gasteiger partial charge is 0.522 e. The van der Waals surface area contributed by atoms with Crippen molar-refractivity contribution in [1.29, 1.82) is 0 Å². The molecular weight excluding hydrogens is 337 g/mol. The fourth-order valence-electron chi connectivity index (χ4n) is 2.73. The van der Waals surface area contributed by atoms with Crippen LogP contribution in [0.3, 0.4) is 0 Å². The summed E-state index contributed by atoms with van der Waals surface area (Å²) in [4.78, 5) is 12.2. The van der Waals surface area contributed by atoms with Gasteiger partial charge < -0.3 is 10.6 Å². The summed E-state index contributed by atoms with van der Waals surface area (Å²) in [5.41, 5.74) is 1.93. The van der Waals surface area contributed by atoms with E-state index in [1.54, 1.807) is 13.0 Å². The minimum absolute atomic E-state index is 0.218. The van der Waals surface area contributed by atoms with Gasteiger partial charge in [0.1, 0.15) is 0 Å². The van der Waals surface area contributed by atoms with E-state index in [1.807, 2.05) is 16.9 Å². The first-order valence-electron chi connectivity index (χ1n) is 7.99. The van der Waals surface area contributed by atoms with Gasteiger partial charge in [0, 0.05) is 49.2 Å². The number of aromatic nitrogens is 2. The van der Waals surface area contributed by atoms with Gasteiger partial charge in [-0.05, 0) is 24.6 Å². The zero-order chi connectivity index (χ0) is 18.0. The van der Waals surface area contributed by atoms with Crippen molar-refractivity contribution in [2.24, 2.45) is 5.92 Å². The minimum atomic E-state index is -4.69. The predicted molar refractivity (Wildman–Crippen MR) is 85.2 cm³/mol. The molecule has 2 heterocycles. The highest BCUT2D eigenvalue weighted by Gasteiger charge is 2.28. The Labute approximate surface area is 142 Å². The Morgan fingerprint density at radius 3 is 2.84 bits per heavy atom. The van der Waals surface area contributed by atoms with Crippen LogP contribution in [0.15, 0.2) is 18.3 Å². The lowest BCUT2D eigenvalue weighted by Crippen LogP contribution is -2.44. The van der Waals surface area contributed by atoms with Crippen LogP contribution >= 0.6 is 0 Å². The fraction of sp³-hybridized carbons (Fsp3) is 0.500. The molecule has 0 atom stereocenters. The van der Waals surface area contributed by atoms with E-state index in [0.29, 0.717) is 11.5 Å². The number of rotatable bonds is 6. The molecule has 0 aliphatic carbocycles. The Bertz CT molecular complexity index is 769. The van der Waals surface area contributed by atoms with E-state index in [4.69, 9.17) is 0 Å². The first-order chi connectivity index (χ1) is 11.8. The number of benzene rings is 1. The molecule has 2 aromatic rings. The van der Waals surface area contributed by atoms with Gasteiger partial charge in [-0.15, -0.1) is 13.2 Å². The second-order valence-electron chi connectivity index (χ2n) is 6.15. The molecule has 136 valence electrons. The first kappa shape index (κ1) is 17.7. The molecule has 2 N–H and O–H groups in total. The van der Waals surface area contributed by atoms with E-state index < -0.39 is 18.9 Å². The molecule has 6 nitrogen and oxygen atoms in total. The van der Waals surface area contributed by atoms with Crippen LogP contribution in [0.5, 0.6) is 0 Å². The topological polar surface area (TPSA) is 68.2 Å². The van der Waals surface area contributed by atoms with Crippen molar-refractivity contribution >= 4 is 16.8 Å². The first-order valence-corrected chi connectivity index (χ1v) is 7.99. The molecule has 1 fully saturated rings. The summed E-state index contributed by atoms with van der Waals surface area (Å²) in [7, 11) is 0. The van der Waals surface area contributed by atoms with Crippen LogP contribution in [-0.2, 0) is 11.3 Å². The maximum absolute atomic E-state index is 12.2. The van der Waals surface area contributed by atoms with Crippen molar-refractivity contribution in [2.75, 3.05) is 26.2 Å². The van der Waals surface area contributed by atoms with E-state index in [2.05, 4.69) is 20.5 Å². The molecule has 0 bridgehead atoms. The molecule has 1 aromatic heterocycles. The standard InChI is InChI=1S/C16H19F3N4O2/c1-10-4-14-12(9-23(22-14)8-11-6-20-7-11)5-13(10)15(24)21-2-3-25-16(17,18)19/h4-5,9,11,20H,2-3,6-8H2,1H3,(H,21,24). The molecule has 1 saturated heterocycles. The quantitative estimate of drug-likeness (QED) is 0.775. The van der Waals surface area contributed by atoms with Crippen LogP contribution in [0.2, 0.25) is 0 Å². The monoisotopic (exact) mass is 356 g/mol. The van der Waals surface area contributed by atoms with Crippen molar-refractivity contribution in [3.63, 3.8) is 0 Å². The summed E-state index contributed by atoms with van der Waals surface area (Å²) in [5.74, 6) is 0.132. The summed E-state index contributed by atoms with van der Waals surface area (Å²) in [6.45, 7) is 3.70. The summed E-state index contributed by atoms with van der Waals surface area (Å²) >= 11 is 0. The highest BCUT2D eigenvalue weighted by molar-refractivity contribution is 5.99. The van der Waals surface area contributed by atoms with E-state index in [1.165, 1.54) is 0 Å². The zero-order valence-electron chi connectivity index (χ0n) is 13.7. The number of hydrogen-bond donors (Lipinski definition) is 2. The van der Waals surface area contributed by atoms with Gasteiger partial charge in [0.15, 0.2) is 0 Å². The van der Waals surface area contributed by atoms with Gasteiger partial charge in [0.2, 0.25) is 0 Å². The molecule has 1 aliphatic heterocycles. The highest BCUT2D eigenvalue weighted by Crippen LogP contribution is 2.20. The Hall–Kier alpha value is -2.13. The third-order valence-corrected chi connectivity index (χ3v) is 4.11. The Morgan fingerprint density at radius 1 is 1.44 bits per heavy atom. The predicted octanol–water partition coefficient (Wildman–Crippen LogP) is 1.83. The van der Waals surface area contributed by atoms with Crippen LogP contribution in [0, 0.1) is 12.8 Å². The van der Waals surface area contributed by atoms with E-state index >= 15 is 0 Å². The van der Waals surface area contributed by atoms with Gasteiger partial charge in [-0.1, -0.05) is 0 Å². The number of carbonyl (C=O) groups excluding carboxylic acids is 1. The second kappa shape index (κ2) is 7.01. The number of amides is 1. The number of aryl methyl sites for hydroxylation is 1. The Kier molecular flexibility index (Phi) is 4.96. The lowest BCUT2D eigenvalue weighted by Gasteiger charge is -2.26. The van der Waals surface area contributed by atoms with Gasteiger partial charge in [-0.3, -0.25) is 14.2 Å². The van der Waals surface area contributed by atoms with Crippen molar-refractivity contribution in [3.05, 3.63) is 29.5 Å². The summed E-state index contributed by atoms with van der Waals surface area (Å²) in [6.07, 6.45) is -2.80. The molecule has 0 radical (unpaired) electrons. The number of fused-ring (bicyclic) bond motifs is 1. The summed E-state index contributed by atoms with van der Waals surface area (Å²) in [6, 6.07) is 3.53. The average Bonchev–Trinajstić information content (AvgIpc) is 2.87. The van der Waals surface area contributed by atoms with Crippen LogP contribution < -0.4 is 10.6 Å². The third-order valence-electron chi connectivity index (χ3n) is 4.11. The lowest BCUT2D eigenvalue weighted by molar-refractivity contribution is -0.323. The highest BCUT2D eigenvalue weighted by atomic mass is 19.4. The molecule has 3 rings (SSSR count). The number of carbonyl (C=O) groups is 1. The van der Waals surface area contributed by atoms with E-state index in [-0.39, 0.29) is 6.54 Å². The number of nitrogens with zero attached hydrogens (tertiary/aromatic N) is 2. The summed E-state index contributed by atoms with van der Waals surface area (Å²) in [5, 5.41) is 11.0. The lowest BCUT2D eigenvalue weighted by atomic mass is 10.0. The molecule has 9 heteroatoms. The smallest absolute Gasteiger partial charge is 0.350 e. The average molecular weight is 356 g/mol. The van der Waals surface area contributed by atoms with Gasteiger partial charge >= 0.3 is 6.36 Å². The van der Waals surface area contributed by atoms with Crippen LogP contribution in [-0.4, -0.2) is 48.3 Å². The molecule has 1 aliphatic rings. The van der Waals surface area contributed by atoms with E-state index in [0.717, 1.165) is 36.1 Å². The van der Waals surface area contributed by atoms with Gasteiger partial charge in [0.25, 0.3) is 5.91 Å². The zero-order valence-corrected chi connectivity index (χ0v) is 13.7. The van der Waals surface area contributed by atoms with Gasteiger partial charge in [-0.2, -0.15) is 5.10 Å². The molecule has 0 unspecified atom stereocenters.